The van der Waals surface area contributed by atoms with Crippen LogP contribution in [-0.4, -0.2) is 10.9 Å². The lowest BCUT2D eigenvalue weighted by molar-refractivity contribution is 0.0995. The smallest absolute Gasteiger partial charge is 0.293 e. The lowest BCUT2D eigenvalue weighted by Crippen LogP contribution is -2.13. The monoisotopic (exact) mass is 440 g/mol. The lowest BCUT2D eigenvalue weighted by atomic mass is 10.1. The summed E-state index contributed by atoms with van der Waals surface area (Å²) in [5.74, 6) is 0.630. The van der Waals surface area contributed by atoms with Gasteiger partial charge >= 0.3 is 0 Å². The number of para-hydroxylation sites is 2. The van der Waals surface area contributed by atoms with E-state index in [9.17, 15) is 4.79 Å². The molecule has 5 rings (SSSR count). The molecule has 0 fully saturated rings. The molecule has 3 aromatic carbocycles. The van der Waals surface area contributed by atoms with Gasteiger partial charge in [-0.25, -0.2) is 4.98 Å². The van der Waals surface area contributed by atoms with Crippen LogP contribution < -0.4 is 10.1 Å². The van der Waals surface area contributed by atoms with Gasteiger partial charge in [-0.3, -0.25) is 10.1 Å². The number of nitrogens with zero attached hydrogens (tertiary/aromatic N) is 1. The van der Waals surface area contributed by atoms with Crippen LogP contribution in [-0.2, 0) is 13.0 Å². The van der Waals surface area contributed by atoms with Crippen molar-refractivity contribution < 1.29 is 13.9 Å². The van der Waals surface area contributed by atoms with Crippen LogP contribution in [0.25, 0.3) is 11.0 Å². The Bertz CT molecular complexity index is 1340. The molecule has 0 atom stereocenters. The Labute approximate surface area is 189 Å². The number of hydrogen-bond acceptors (Lipinski definition) is 5. The Morgan fingerprint density at radius 2 is 1.66 bits per heavy atom. The summed E-state index contributed by atoms with van der Waals surface area (Å²) in [5, 5.41) is 4.28. The van der Waals surface area contributed by atoms with E-state index in [1.165, 1.54) is 16.9 Å². The Balaban J connectivity index is 1.36. The van der Waals surface area contributed by atoms with Gasteiger partial charge in [-0.05, 0) is 23.8 Å². The maximum atomic E-state index is 13.1. The number of rotatable bonds is 7. The van der Waals surface area contributed by atoms with Crippen molar-refractivity contribution in [2.45, 2.75) is 13.0 Å². The zero-order valence-electron chi connectivity index (χ0n) is 17.2. The number of thiazole rings is 1. The highest BCUT2D eigenvalue weighted by Crippen LogP contribution is 2.29. The third-order valence-corrected chi connectivity index (χ3v) is 5.94. The van der Waals surface area contributed by atoms with E-state index in [0.29, 0.717) is 16.3 Å². The maximum absolute atomic E-state index is 13.1. The molecule has 6 heteroatoms. The molecule has 5 aromatic rings. The van der Waals surface area contributed by atoms with Crippen LogP contribution in [0, 0.1) is 0 Å². The molecule has 0 radical (unpaired) electrons. The number of carbonyl (C=O) groups is 1. The number of ether oxygens (including phenoxy) is 1. The van der Waals surface area contributed by atoms with Crippen molar-refractivity contribution in [1.82, 2.24) is 4.98 Å². The Hall–Kier alpha value is -3.90. The molecule has 0 aliphatic carbocycles. The van der Waals surface area contributed by atoms with E-state index < -0.39 is 0 Å². The maximum Gasteiger partial charge on any atom is 0.293 e. The average molecular weight is 441 g/mol. The molecule has 0 unspecified atom stereocenters. The molecule has 32 heavy (non-hydrogen) atoms. The molecule has 1 N–H and O–H groups in total. The van der Waals surface area contributed by atoms with Crippen LogP contribution in [0.1, 0.15) is 26.6 Å². The Morgan fingerprint density at radius 3 is 2.47 bits per heavy atom. The van der Waals surface area contributed by atoms with Gasteiger partial charge in [0, 0.05) is 28.4 Å². The van der Waals surface area contributed by atoms with E-state index in [2.05, 4.69) is 22.4 Å². The largest absolute Gasteiger partial charge is 0.489 e. The second-order valence-electron chi connectivity index (χ2n) is 7.26. The number of furan rings is 1. The summed E-state index contributed by atoms with van der Waals surface area (Å²) < 4.78 is 11.8. The van der Waals surface area contributed by atoms with E-state index in [1.54, 1.807) is 6.20 Å². The predicted molar refractivity (Wildman–Crippen MR) is 126 cm³/mol. The van der Waals surface area contributed by atoms with E-state index in [4.69, 9.17) is 9.15 Å². The van der Waals surface area contributed by atoms with Gasteiger partial charge in [-0.2, -0.15) is 0 Å². The van der Waals surface area contributed by atoms with Crippen LogP contribution in [0.3, 0.4) is 0 Å². The number of nitrogens with one attached hydrogen (secondary N) is 1. The van der Waals surface area contributed by atoms with Crippen LogP contribution >= 0.6 is 11.3 Å². The minimum Gasteiger partial charge on any atom is -0.489 e. The molecular weight excluding hydrogens is 420 g/mol. The highest BCUT2D eigenvalue weighted by Gasteiger charge is 2.22. The van der Waals surface area contributed by atoms with Crippen LogP contribution in [0.15, 0.2) is 95.5 Å². The average Bonchev–Trinajstić information content (AvgIpc) is 3.43. The quantitative estimate of drug-likeness (QED) is 0.322. The third kappa shape index (κ3) is 4.40. The molecule has 0 aliphatic rings. The Morgan fingerprint density at radius 1 is 0.938 bits per heavy atom. The number of benzene rings is 3. The van der Waals surface area contributed by atoms with Gasteiger partial charge in [0.05, 0.1) is 0 Å². The van der Waals surface area contributed by atoms with Crippen molar-refractivity contribution in [2.75, 3.05) is 5.32 Å². The van der Waals surface area contributed by atoms with Gasteiger partial charge in [0.25, 0.3) is 5.91 Å². The molecule has 0 saturated carbocycles. The molecule has 0 spiro atoms. The second kappa shape index (κ2) is 9.08. The fraction of sp³-hybridized carbons (Fsp3) is 0.0769. The van der Waals surface area contributed by atoms with Gasteiger partial charge < -0.3 is 9.15 Å². The molecule has 0 saturated heterocycles. The number of anilines is 1. The molecule has 158 valence electrons. The summed E-state index contributed by atoms with van der Waals surface area (Å²) in [6, 6.07) is 27.3. The van der Waals surface area contributed by atoms with Crippen molar-refractivity contribution in [3.63, 3.8) is 0 Å². The Kier molecular flexibility index (Phi) is 5.68. The number of aromatic nitrogens is 1. The summed E-state index contributed by atoms with van der Waals surface area (Å²) in [6.07, 6.45) is 2.57. The SMILES string of the molecule is O=C(Nc1ncc(Cc2ccccc2)s1)c1oc2ccccc2c1COc1ccccc1. The topological polar surface area (TPSA) is 64.4 Å². The number of fused-ring (bicyclic) bond motifs is 1. The summed E-state index contributed by atoms with van der Waals surface area (Å²) >= 11 is 1.46. The first kappa shape index (κ1) is 20.0. The minimum atomic E-state index is -0.339. The molecule has 2 heterocycles. The predicted octanol–water partition coefficient (Wildman–Crippen LogP) is 6.31. The van der Waals surface area contributed by atoms with Crippen LogP contribution in [0.4, 0.5) is 5.13 Å². The van der Waals surface area contributed by atoms with E-state index in [0.717, 1.165) is 22.4 Å². The van der Waals surface area contributed by atoms with Crippen molar-refractivity contribution in [2.24, 2.45) is 0 Å². The summed E-state index contributed by atoms with van der Waals surface area (Å²) in [6.45, 7) is 0.223. The van der Waals surface area contributed by atoms with Crippen molar-refractivity contribution >= 4 is 33.3 Å². The van der Waals surface area contributed by atoms with Gasteiger partial charge in [-0.1, -0.05) is 66.7 Å². The first-order chi connectivity index (χ1) is 15.8. The molecule has 5 nitrogen and oxygen atoms in total. The van der Waals surface area contributed by atoms with E-state index in [1.807, 2.05) is 72.8 Å². The van der Waals surface area contributed by atoms with E-state index >= 15 is 0 Å². The highest BCUT2D eigenvalue weighted by atomic mass is 32.1. The lowest BCUT2D eigenvalue weighted by Gasteiger charge is -2.07. The number of carbonyl (C=O) groups excluding carboxylic acids is 1. The zero-order chi connectivity index (χ0) is 21.8. The molecule has 0 aliphatic heterocycles. The van der Waals surface area contributed by atoms with Gasteiger partial charge in [0.15, 0.2) is 10.9 Å². The third-order valence-electron chi connectivity index (χ3n) is 5.03. The molecular formula is C26H20N2O3S. The summed E-state index contributed by atoms with van der Waals surface area (Å²) in [7, 11) is 0. The van der Waals surface area contributed by atoms with E-state index in [-0.39, 0.29) is 18.3 Å². The minimum absolute atomic E-state index is 0.223. The van der Waals surface area contributed by atoms with Gasteiger partial charge in [0.1, 0.15) is 17.9 Å². The second-order valence-corrected chi connectivity index (χ2v) is 8.37. The number of amides is 1. The van der Waals surface area contributed by atoms with Gasteiger partial charge in [0.2, 0.25) is 0 Å². The van der Waals surface area contributed by atoms with Crippen molar-refractivity contribution in [1.29, 1.82) is 0 Å². The fourth-order valence-corrected chi connectivity index (χ4v) is 4.34. The first-order valence-electron chi connectivity index (χ1n) is 10.2. The summed E-state index contributed by atoms with van der Waals surface area (Å²) in [5.41, 5.74) is 2.56. The molecule has 1 amide bonds. The summed E-state index contributed by atoms with van der Waals surface area (Å²) in [4.78, 5) is 18.5. The van der Waals surface area contributed by atoms with Crippen molar-refractivity contribution in [3.8, 4) is 5.75 Å². The standard InChI is InChI=1S/C26H20N2O3S/c29-25(28-26-27-16-20(32-26)15-18-9-3-1-4-10-18)24-22(17-30-19-11-5-2-6-12-19)21-13-7-8-14-23(21)31-24/h1-14,16H,15,17H2,(H,27,28,29). The van der Waals surface area contributed by atoms with Crippen LogP contribution in [0.5, 0.6) is 5.75 Å². The molecule has 2 aromatic heterocycles. The number of hydrogen-bond donors (Lipinski definition) is 1. The van der Waals surface area contributed by atoms with Gasteiger partial charge in [-0.15, -0.1) is 11.3 Å². The fourth-order valence-electron chi connectivity index (χ4n) is 3.50. The highest BCUT2D eigenvalue weighted by molar-refractivity contribution is 7.15. The zero-order valence-corrected chi connectivity index (χ0v) is 18.0. The van der Waals surface area contributed by atoms with Crippen LogP contribution in [0.2, 0.25) is 0 Å². The van der Waals surface area contributed by atoms with Crippen molar-refractivity contribution in [3.05, 3.63) is 113 Å². The molecule has 0 bridgehead atoms. The first-order valence-corrected chi connectivity index (χ1v) is 11.1. The normalized spacial score (nSPS) is 10.9.